The molecule has 0 aliphatic carbocycles. The minimum atomic E-state index is -3.54. The van der Waals surface area contributed by atoms with Crippen molar-refractivity contribution in [3.8, 4) is 0 Å². The van der Waals surface area contributed by atoms with Crippen LogP contribution in [-0.2, 0) is 19.7 Å². The van der Waals surface area contributed by atoms with E-state index < -0.39 is 19.7 Å². The van der Waals surface area contributed by atoms with E-state index in [1.165, 1.54) is 17.7 Å². The lowest BCUT2D eigenvalue weighted by atomic mass is 9.89. The second-order valence-corrected chi connectivity index (χ2v) is 10.8. The van der Waals surface area contributed by atoms with E-state index in [-0.39, 0.29) is 9.79 Å². The molecule has 0 atom stereocenters. The number of rotatable bonds is 4. The molecule has 1 aliphatic rings. The fraction of sp³-hybridized carbons (Fsp3) is 0.368. The Bertz CT molecular complexity index is 991. The topological polar surface area (TPSA) is 71.5 Å². The van der Waals surface area contributed by atoms with Gasteiger partial charge in [0.2, 0.25) is 0 Å². The lowest BCUT2D eigenvalue weighted by Crippen LogP contribution is -2.33. The normalized spacial score (nSPS) is 16.6. The highest BCUT2D eigenvalue weighted by Crippen LogP contribution is 2.34. The molecule has 0 unspecified atom stereocenters. The van der Waals surface area contributed by atoms with Crippen LogP contribution in [0.15, 0.2) is 58.3 Å². The molecular formula is C19H23NO4S2. The molecular weight excluding hydrogens is 370 g/mol. The Morgan fingerprint density at radius 1 is 0.846 bits per heavy atom. The molecule has 5 nitrogen and oxygen atoms in total. The average Bonchev–Trinajstić information content (AvgIpc) is 2.61. The molecule has 2 aromatic rings. The minimum absolute atomic E-state index is 0.0286. The van der Waals surface area contributed by atoms with Gasteiger partial charge < -0.3 is 4.90 Å². The molecule has 0 N–H and O–H groups in total. The Morgan fingerprint density at radius 3 is 2.00 bits per heavy atom. The summed E-state index contributed by atoms with van der Waals surface area (Å²) < 4.78 is 48.1. The number of sulfone groups is 2. The van der Waals surface area contributed by atoms with Crippen molar-refractivity contribution in [1.29, 1.82) is 0 Å². The summed E-state index contributed by atoms with van der Waals surface area (Å²) in [4.78, 5) is 2.15. The van der Waals surface area contributed by atoms with E-state index in [4.69, 9.17) is 0 Å². The highest BCUT2D eigenvalue weighted by Gasteiger charge is 2.25. The summed E-state index contributed by atoms with van der Waals surface area (Å²) in [5.41, 5.74) is 1.90. The third kappa shape index (κ3) is 4.10. The van der Waals surface area contributed by atoms with Gasteiger partial charge in [-0.05, 0) is 42.5 Å². The van der Waals surface area contributed by atoms with Crippen LogP contribution in [0.2, 0.25) is 0 Å². The van der Waals surface area contributed by atoms with Crippen molar-refractivity contribution < 1.29 is 16.8 Å². The number of anilines is 1. The Labute approximate surface area is 155 Å². The van der Waals surface area contributed by atoms with E-state index in [2.05, 4.69) is 12.1 Å². The number of nitrogens with zero attached hydrogens (tertiary/aromatic N) is 1. The monoisotopic (exact) mass is 393 g/mol. The van der Waals surface area contributed by atoms with Crippen LogP contribution in [-0.4, -0.2) is 42.4 Å². The maximum atomic E-state index is 12.2. The molecule has 26 heavy (non-hydrogen) atoms. The van der Waals surface area contributed by atoms with Gasteiger partial charge in [0.15, 0.2) is 19.7 Å². The van der Waals surface area contributed by atoms with E-state index in [1.807, 2.05) is 23.1 Å². The van der Waals surface area contributed by atoms with Gasteiger partial charge in [-0.25, -0.2) is 16.8 Å². The molecule has 0 radical (unpaired) electrons. The van der Waals surface area contributed by atoms with Crippen LogP contribution in [0.25, 0.3) is 0 Å². The highest BCUT2D eigenvalue weighted by atomic mass is 32.2. The van der Waals surface area contributed by atoms with Crippen LogP contribution in [0.3, 0.4) is 0 Å². The van der Waals surface area contributed by atoms with E-state index in [1.54, 1.807) is 6.07 Å². The van der Waals surface area contributed by atoms with Gasteiger partial charge in [-0.15, -0.1) is 0 Å². The molecule has 1 fully saturated rings. The van der Waals surface area contributed by atoms with Crippen LogP contribution in [0.4, 0.5) is 5.69 Å². The van der Waals surface area contributed by atoms with Gasteiger partial charge in [0.1, 0.15) is 0 Å². The zero-order valence-electron chi connectivity index (χ0n) is 14.9. The van der Waals surface area contributed by atoms with Crippen LogP contribution < -0.4 is 4.90 Å². The Morgan fingerprint density at radius 2 is 1.46 bits per heavy atom. The zero-order valence-corrected chi connectivity index (χ0v) is 16.6. The number of piperidine rings is 1. The van der Waals surface area contributed by atoms with E-state index in [9.17, 15) is 16.8 Å². The molecule has 0 bridgehead atoms. The standard InChI is InChI=1S/C19H23NO4S2/c1-25(21,22)17-8-9-18(19(14-17)26(2,23)24)20-12-10-16(11-13-20)15-6-4-3-5-7-15/h3-9,14,16H,10-13H2,1-2H3. The Balaban J connectivity index is 1.88. The van der Waals surface area contributed by atoms with Crippen LogP contribution >= 0.6 is 0 Å². The third-order valence-corrected chi connectivity index (χ3v) is 7.10. The van der Waals surface area contributed by atoms with Crippen molar-refractivity contribution >= 4 is 25.4 Å². The fourth-order valence-corrected chi connectivity index (χ4v) is 5.10. The molecule has 1 heterocycles. The van der Waals surface area contributed by atoms with Gasteiger partial charge >= 0.3 is 0 Å². The van der Waals surface area contributed by atoms with E-state index in [0.29, 0.717) is 11.6 Å². The molecule has 0 aromatic heterocycles. The Hall–Kier alpha value is -1.86. The third-order valence-electron chi connectivity index (χ3n) is 4.87. The van der Waals surface area contributed by atoms with Crippen LogP contribution in [0, 0.1) is 0 Å². The first-order valence-corrected chi connectivity index (χ1v) is 12.3. The lowest BCUT2D eigenvalue weighted by Gasteiger charge is -2.34. The van der Waals surface area contributed by atoms with E-state index in [0.717, 1.165) is 38.4 Å². The second kappa shape index (κ2) is 7.04. The van der Waals surface area contributed by atoms with Gasteiger partial charge in [-0.2, -0.15) is 0 Å². The minimum Gasteiger partial charge on any atom is -0.370 e. The number of benzene rings is 2. The average molecular weight is 394 g/mol. The summed E-state index contributed by atoms with van der Waals surface area (Å²) in [5.74, 6) is 0.462. The molecule has 3 rings (SSSR count). The van der Waals surface area contributed by atoms with Crippen molar-refractivity contribution in [1.82, 2.24) is 0 Å². The summed E-state index contributed by atoms with van der Waals surface area (Å²) in [5, 5.41) is 0. The SMILES string of the molecule is CS(=O)(=O)c1ccc(N2CCC(c3ccccc3)CC2)c(S(C)(=O)=O)c1. The predicted molar refractivity (Wildman–Crippen MR) is 103 cm³/mol. The first kappa shape index (κ1) is 18.9. The van der Waals surface area contributed by atoms with Gasteiger partial charge in [-0.3, -0.25) is 0 Å². The van der Waals surface area contributed by atoms with Crippen molar-refractivity contribution in [2.45, 2.75) is 28.6 Å². The molecule has 0 amide bonds. The molecule has 2 aromatic carbocycles. The van der Waals surface area contributed by atoms with Gasteiger partial charge in [0.25, 0.3) is 0 Å². The highest BCUT2D eigenvalue weighted by molar-refractivity contribution is 7.91. The molecule has 1 saturated heterocycles. The molecule has 0 saturated carbocycles. The van der Waals surface area contributed by atoms with E-state index >= 15 is 0 Å². The largest absolute Gasteiger partial charge is 0.370 e. The van der Waals surface area contributed by atoms with Crippen LogP contribution in [0.1, 0.15) is 24.3 Å². The van der Waals surface area contributed by atoms with Crippen molar-refractivity contribution in [3.05, 3.63) is 54.1 Å². The molecule has 1 aliphatic heterocycles. The Kier molecular flexibility index (Phi) is 5.12. The maximum absolute atomic E-state index is 12.2. The summed E-state index contributed by atoms with van der Waals surface area (Å²) in [6.45, 7) is 1.47. The van der Waals surface area contributed by atoms with Gasteiger partial charge in [0, 0.05) is 25.6 Å². The van der Waals surface area contributed by atoms with Crippen LogP contribution in [0.5, 0.6) is 0 Å². The zero-order chi connectivity index (χ0) is 18.9. The predicted octanol–water partition coefficient (Wildman–Crippen LogP) is 2.88. The molecule has 0 spiro atoms. The first-order chi connectivity index (χ1) is 12.2. The molecule has 140 valence electrons. The van der Waals surface area contributed by atoms with Crippen molar-refractivity contribution in [2.75, 3.05) is 30.5 Å². The number of hydrogen-bond acceptors (Lipinski definition) is 5. The smallest absolute Gasteiger partial charge is 0.177 e. The summed E-state index contributed by atoms with van der Waals surface area (Å²) >= 11 is 0. The second-order valence-electron chi connectivity index (χ2n) is 6.85. The van der Waals surface area contributed by atoms with Gasteiger partial charge in [0.05, 0.1) is 15.5 Å². The molecule has 7 heteroatoms. The lowest BCUT2D eigenvalue weighted by molar-refractivity contribution is 0.503. The maximum Gasteiger partial charge on any atom is 0.177 e. The van der Waals surface area contributed by atoms with Crippen molar-refractivity contribution in [3.63, 3.8) is 0 Å². The quantitative estimate of drug-likeness (QED) is 0.799. The first-order valence-electron chi connectivity index (χ1n) is 8.50. The van der Waals surface area contributed by atoms with Crippen molar-refractivity contribution in [2.24, 2.45) is 0 Å². The summed E-state index contributed by atoms with van der Waals surface area (Å²) in [6, 6.07) is 14.7. The number of hydrogen-bond donors (Lipinski definition) is 0. The van der Waals surface area contributed by atoms with Gasteiger partial charge in [-0.1, -0.05) is 30.3 Å². The summed E-state index contributed by atoms with van der Waals surface area (Å²) in [7, 11) is -7.00. The fourth-order valence-electron chi connectivity index (χ4n) is 3.46. The summed E-state index contributed by atoms with van der Waals surface area (Å²) in [6.07, 6.45) is 4.07.